The lowest BCUT2D eigenvalue weighted by Gasteiger charge is -2.27. The Labute approximate surface area is 121 Å². The summed E-state index contributed by atoms with van der Waals surface area (Å²) in [6.45, 7) is 7.44. The number of hydrazine groups is 1. The van der Waals surface area contributed by atoms with E-state index in [9.17, 15) is 0 Å². The second kappa shape index (κ2) is 8.56. The van der Waals surface area contributed by atoms with Crippen LogP contribution >= 0.6 is 11.6 Å². The molecule has 5 heteroatoms. The zero-order valence-corrected chi connectivity index (χ0v) is 13.1. The molecule has 1 rings (SSSR count). The third-order valence-corrected chi connectivity index (χ3v) is 3.82. The van der Waals surface area contributed by atoms with Gasteiger partial charge in [-0.25, -0.2) is 0 Å². The number of nitrogens with one attached hydrogen (secondary N) is 1. The molecule has 0 bridgehead atoms. The summed E-state index contributed by atoms with van der Waals surface area (Å²) in [7, 11) is 0. The predicted octanol–water partition coefficient (Wildman–Crippen LogP) is 3.67. The Balaban J connectivity index is 3.02. The van der Waals surface area contributed by atoms with Crippen molar-refractivity contribution < 1.29 is 0 Å². The van der Waals surface area contributed by atoms with Gasteiger partial charge < -0.3 is 0 Å². The summed E-state index contributed by atoms with van der Waals surface area (Å²) < 4.78 is 1.99. The Hall–Kier alpha value is -0.580. The van der Waals surface area contributed by atoms with Crippen molar-refractivity contribution in [1.82, 2.24) is 15.2 Å². The molecule has 1 aromatic rings. The molecule has 0 aliphatic carbocycles. The van der Waals surface area contributed by atoms with Crippen molar-refractivity contribution in [2.24, 2.45) is 11.8 Å². The molecule has 0 radical (unpaired) electrons. The maximum Gasteiger partial charge on any atom is 0.0834 e. The monoisotopic (exact) mass is 286 g/mol. The smallest absolute Gasteiger partial charge is 0.0834 e. The predicted molar refractivity (Wildman–Crippen MR) is 80.9 cm³/mol. The highest BCUT2D eigenvalue weighted by Crippen LogP contribution is 2.33. The Morgan fingerprint density at radius 1 is 1.26 bits per heavy atom. The van der Waals surface area contributed by atoms with Crippen LogP contribution in [0.5, 0.6) is 0 Å². The highest BCUT2D eigenvalue weighted by atomic mass is 35.5. The van der Waals surface area contributed by atoms with Gasteiger partial charge in [-0.2, -0.15) is 5.10 Å². The highest BCUT2D eigenvalue weighted by molar-refractivity contribution is 6.31. The molecule has 0 amide bonds. The van der Waals surface area contributed by atoms with Crippen LogP contribution in [-0.4, -0.2) is 9.78 Å². The largest absolute Gasteiger partial charge is 0.271 e. The Bertz CT molecular complexity index is 358. The number of aromatic nitrogens is 2. The second-order valence-corrected chi connectivity index (χ2v) is 5.49. The fourth-order valence-corrected chi connectivity index (χ4v) is 2.99. The molecular weight excluding hydrogens is 260 g/mol. The first-order chi connectivity index (χ1) is 9.19. The molecule has 0 fully saturated rings. The summed E-state index contributed by atoms with van der Waals surface area (Å²) in [4.78, 5) is 0. The van der Waals surface area contributed by atoms with Crippen molar-refractivity contribution in [3.63, 3.8) is 0 Å². The molecule has 19 heavy (non-hydrogen) atoms. The van der Waals surface area contributed by atoms with Crippen LogP contribution in [0, 0.1) is 5.92 Å². The first kappa shape index (κ1) is 16.5. The van der Waals surface area contributed by atoms with E-state index in [4.69, 9.17) is 17.4 Å². The van der Waals surface area contributed by atoms with Gasteiger partial charge in [0, 0.05) is 6.54 Å². The molecule has 1 heterocycles. The lowest BCUT2D eigenvalue weighted by atomic mass is 9.89. The number of nitrogens with two attached hydrogens (primary N) is 1. The molecule has 110 valence electrons. The number of rotatable bonds is 9. The first-order valence-corrected chi connectivity index (χ1v) is 7.74. The third-order valence-electron chi connectivity index (χ3n) is 3.53. The summed E-state index contributed by atoms with van der Waals surface area (Å²) in [6.07, 6.45) is 7.37. The van der Waals surface area contributed by atoms with E-state index in [1.165, 1.54) is 0 Å². The van der Waals surface area contributed by atoms with E-state index in [1.54, 1.807) is 6.20 Å². The fourth-order valence-electron chi connectivity index (χ4n) is 2.73. The maximum absolute atomic E-state index is 6.32. The summed E-state index contributed by atoms with van der Waals surface area (Å²) >= 11 is 6.32. The van der Waals surface area contributed by atoms with Gasteiger partial charge >= 0.3 is 0 Å². The van der Waals surface area contributed by atoms with Crippen molar-refractivity contribution >= 4 is 11.6 Å². The van der Waals surface area contributed by atoms with Gasteiger partial charge in [0.1, 0.15) is 0 Å². The summed E-state index contributed by atoms with van der Waals surface area (Å²) in [6, 6.07) is 0.0847. The van der Waals surface area contributed by atoms with E-state index in [1.807, 2.05) is 4.68 Å². The summed E-state index contributed by atoms with van der Waals surface area (Å²) in [5.74, 6) is 6.31. The Morgan fingerprint density at radius 2 is 1.89 bits per heavy atom. The van der Waals surface area contributed by atoms with Gasteiger partial charge in [-0.1, -0.05) is 45.2 Å². The Morgan fingerprint density at radius 3 is 2.37 bits per heavy atom. The number of nitrogens with zero attached hydrogens (tertiary/aromatic N) is 2. The topological polar surface area (TPSA) is 55.9 Å². The quantitative estimate of drug-likeness (QED) is 0.538. The lowest BCUT2D eigenvalue weighted by Crippen LogP contribution is -2.35. The van der Waals surface area contributed by atoms with E-state index in [0.717, 1.165) is 44.3 Å². The molecule has 0 saturated carbocycles. The van der Waals surface area contributed by atoms with E-state index in [0.29, 0.717) is 10.9 Å². The minimum absolute atomic E-state index is 0.0847. The minimum Gasteiger partial charge on any atom is -0.271 e. The highest BCUT2D eigenvalue weighted by Gasteiger charge is 2.26. The number of hydrogen-bond acceptors (Lipinski definition) is 3. The molecule has 0 aliphatic heterocycles. The van der Waals surface area contributed by atoms with Crippen LogP contribution in [0.1, 0.15) is 64.6 Å². The van der Waals surface area contributed by atoms with Crippen LogP contribution in [0.3, 0.4) is 0 Å². The molecule has 0 aliphatic rings. The van der Waals surface area contributed by atoms with E-state index >= 15 is 0 Å². The van der Waals surface area contributed by atoms with Gasteiger partial charge in [-0.15, -0.1) is 0 Å². The minimum atomic E-state index is 0.0847. The lowest BCUT2D eigenvalue weighted by molar-refractivity contribution is 0.303. The van der Waals surface area contributed by atoms with Crippen LogP contribution in [0.15, 0.2) is 6.20 Å². The molecule has 0 spiro atoms. The second-order valence-electron chi connectivity index (χ2n) is 5.08. The first-order valence-electron chi connectivity index (χ1n) is 7.36. The van der Waals surface area contributed by atoms with E-state index < -0.39 is 0 Å². The average molecular weight is 287 g/mol. The van der Waals surface area contributed by atoms with Crippen molar-refractivity contribution in [3.8, 4) is 0 Å². The van der Waals surface area contributed by atoms with Gasteiger partial charge in [0.05, 0.1) is 23.0 Å². The maximum atomic E-state index is 6.32. The van der Waals surface area contributed by atoms with Gasteiger partial charge in [0.2, 0.25) is 0 Å². The van der Waals surface area contributed by atoms with Crippen molar-refractivity contribution in [2.45, 2.75) is 65.5 Å². The SMILES string of the molecule is CCCC(CCC)C(NN)c1c(Cl)cnn1CCC. The standard InChI is InChI=1S/C14H27ClN4/c1-4-7-11(8-5-2)13(18-16)14-12(15)10-17-19(14)9-6-3/h10-11,13,18H,4-9,16H2,1-3H3. The molecule has 1 unspecified atom stereocenters. The van der Waals surface area contributed by atoms with E-state index in [2.05, 4.69) is 31.3 Å². The molecule has 0 aromatic carbocycles. The van der Waals surface area contributed by atoms with E-state index in [-0.39, 0.29) is 6.04 Å². The third kappa shape index (κ3) is 4.20. The van der Waals surface area contributed by atoms with Crippen LogP contribution in [0.4, 0.5) is 0 Å². The average Bonchev–Trinajstić information content (AvgIpc) is 2.74. The van der Waals surface area contributed by atoms with Gasteiger partial charge in [-0.3, -0.25) is 16.0 Å². The van der Waals surface area contributed by atoms with Gasteiger partial charge in [0.25, 0.3) is 0 Å². The van der Waals surface area contributed by atoms with Gasteiger partial charge in [-0.05, 0) is 25.2 Å². The van der Waals surface area contributed by atoms with Crippen molar-refractivity contribution in [2.75, 3.05) is 0 Å². The summed E-state index contributed by atoms with van der Waals surface area (Å²) in [5, 5.41) is 5.08. The van der Waals surface area contributed by atoms with Crippen LogP contribution in [0.2, 0.25) is 5.02 Å². The number of aryl methyl sites for hydroxylation is 1. The summed E-state index contributed by atoms with van der Waals surface area (Å²) in [5.41, 5.74) is 4.01. The van der Waals surface area contributed by atoms with Crippen LogP contribution in [-0.2, 0) is 6.54 Å². The number of hydrogen-bond donors (Lipinski definition) is 2. The zero-order chi connectivity index (χ0) is 14.3. The molecule has 4 nitrogen and oxygen atoms in total. The Kier molecular flexibility index (Phi) is 7.42. The normalized spacial score (nSPS) is 13.2. The van der Waals surface area contributed by atoms with Crippen LogP contribution < -0.4 is 11.3 Å². The fraction of sp³-hybridized carbons (Fsp3) is 0.786. The molecule has 0 saturated heterocycles. The number of halogens is 1. The van der Waals surface area contributed by atoms with Gasteiger partial charge in [0.15, 0.2) is 0 Å². The van der Waals surface area contributed by atoms with Crippen molar-refractivity contribution in [1.29, 1.82) is 0 Å². The molecule has 1 atom stereocenters. The van der Waals surface area contributed by atoms with Crippen molar-refractivity contribution in [3.05, 3.63) is 16.9 Å². The molecule has 3 N–H and O–H groups in total. The molecular formula is C14H27ClN4. The van der Waals surface area contributed by atoms with Crippen LogP contribution in [0.25, 0.3) is 0 Å². The zero-order valence-electron chi connectivity index (χ0n) is 12.3. The molecule has 1 aromatic heterocycles.